The van der Waals surface area contributed by atoms with Gasteiger partial charge in [-0.05, 0) is 12.3 Å². The Labute approximate surface area is 52.7 Å². The van der Waals surface area contributed by atoms with Gasteiger partial charge in [-0.1, -0.05) is 20.3 Å². The lowest BCUT2D eigenvalue weighted by Gasteiger charge is -2.12. The lowest BCUT2D eigenvalue weighted by atomic mass is 10.0. The molecule has 0 fully saturated rings. The fraction of sp³-hybridized carbons (Fsp3) is 1.00. The highest BCUT2D eigenvalue weighted by atomic mass is 14.9. The predicted molar refractivity (Wildman–Crippen MR) is 36.2 cm³/mol. The summed E-state index contributed by atoms with van der Waals surface area (Å²) in [5.74, 6) is 0.410. The normalized spacial score (nSPS) is 19.6. The van der Waals surface area contributed by atoms with Gasteiger partial charge in [0.2, 0.25) is 0 Å². The van der Waals surface area contributed by atoms with E-state index in [2.05, 4.69) is 19.6 Å². The van der Waals surface area contributed by atoms with E-state index in [9.17, 15) is 0 Å². The van der Waals surface area contributed by atoms with Gasteiger partial charge in [-0.25, -0.2) is 0 Å². The van der Waals surface area contributed by atoms with E-state index in [4.69, 9.17) is 7.15 Å². The van der Waals surface area contributed by atoms with Crippen molar-refractivity contribution in [3.63, 3.8) is 0 Å². The lowest BCUT2D eigenvalue weighted by molar-refractivity contribution is 0.432. The quantitative estimate of drug-likeness (QED) is 0.532. The Bertz CT molecular complexity index is 68.1. The van der Waals surface area contributed by atoms with Crippen LogP contribution in [0.5, 0.6) is 0 Å². The molecule has 0 aliphatic rings. The van der Waals surface area contributed by atoms with E-state index in [1.807, 2.05) is 0 Å². The van der Waals surface area contributed by atoms with Gasteiger partial charge in [-0.3, -0.25) is 0 Å². The van der Waals surface area contributed by atoms with Crippen LogP contribution in [0.2, 0.25) is 1.41 Å². The standard InChI is InChI=1S/C6H16N2/c1-3-4-5(2)6(7)8/h5-6H,3-4,7-8H2,1-2H3/i/hD. The van der Waals surface area contributed by atoms with Gasteiger partial charge in [-0.2, -0.15) is 0 Å². The first-order valence-corrected chi connectivity index (χ1v) is 3.15. The first kappa shape index (κ1) is 6.05. The SMILES string of the molecule is [2H]NC(N)C(C)CCC. The molecule has 0 heterocycles. The van der Waals surface area contributed by atoms with Crippen molar-refractivity contribution in [2.24, 2.45) is 17.4 Å². The molecule has 2 unspecified atom stereocenters. The van der Waals surface area contributed by atoms with Crippen LogP contribution in [0.15, 0.2) is 0 Å². The van der Waals surface area contributed by atoms with E-state index >= 15 is 0 Å². The maximum Gasteiger partial charge on any atom is 0.120 e. The van der Waals surface area contributed by atoms with Gasteiger partial charge in [-0.15, -0.1) is 0 Å². The monoisotopic (exact) mass is 117 g/mol. The first-order valence-electron chi connectivity index (χ1n) is 3.65. The van der Waals surface area contributed by atoms with Crippen LogP contribution >= 0.6 is 0 Å². The van der Waals surface area contributed by atoms with E-state index < -0.39 is 0 Å². The van der Waals surface area contributed by atoms with Crippen molar-refractivity contribution in [3.8, 4) is 0 Å². The molecule has 8 heavy (non-hydrogen) atoms. The van der Waals surface area contributed by atoms with Crippen LogP contribution in [0.3, 0.4) is 0 Å². The third-order valence-corrected chi connectivity index (χ3v) is 1.36. The molecule has 0 saturated heterocycles. The molecule has 0 rings (SSSR count). The molecule has 2 atom stereocenters. The van der Waals surface area contributed by atoms with Gasteiger partial charge in [0.15, 0.2) is 0 Å². The zero-order valence-corrected chi connectivity index (χ0v) is 5.65. The molecule has 4 N–H and O–H groups in total. The van der Waals surface area contributed by atoms with Crippen LogP contribution < -0.4 is 11.5 Å². The Morgan fingerprint density at radius 1 is 1.75 bits per heavy atom. The molecule has 0 radical (unpaired) electrons. The molecular formula is C6H16N2. The Morgan fingerprint density at radius 3 is 2.75 bits per heavy atom. The summed E-state index contributed by atoms with van der Waals surface area (Å²) in [5.41, 5.74) is 7.78. The third kappa shape index (κ3) is 2.99. The maximum absolute atomic E-state index is 6.74. The predicted octanol–water partition coefficient (Wildman–Crippen LogP) is 0.666. The fourth-order valence-electron chi connectivity index (χ4n) is 0.635. The summed E-state index contributed by atoms with van der Waals surface area (Å²) < 4.78 is 6.74. The summed E-state index contributed by atoms with van der Waals surface area (Å²) in [4.78, 5) is 0. The van der Waals surface area contributed by atoms with Crippen molar-refractivity contribution in [2.75, 3.05) is 0 Å². The van der Waals surface area contributed by atoms with Gasteiger partial charge in [0.1, 0.15) is 1.41 Å². The average Bonchev–Trinajstić information content (AvgIpc) is 1.87. The van der Waals surface area contributed by atoms with Crippen molar-refractivity contribution in [3.05, 3.63) is 0 Å². The van der Waals surface area contributed by atoms with Crippen molar-refractivity contribution in [1.29, 1.82) is 0 Å². The van der Waals surface area contributed by atoms with E-state index in [1.165, 1.54) is 0 Å². The summed E-state index contributed by atoms with van der Waals surface area (Å²) >= 11 is 0. The largest absolute Gasteiger partial charge is 0.316 e. The van der Waals surface area contributed by atoms with E-state index in [-0.39, 0.29) is 6.17 Å². The highest BCUT2D eigenvalue weighted by molar-refractivity contribution is 4.59. The van der Waals surface area contributed by atoms with Crippen LogP contribution in [-0.2, 0) is 0 Å². The Balaban J connectivity index is 3.32. The zero-order valence-electron chi connectivity index (χ0n) is 6.65. The number of rotatable bonds is 4. The molecule has 0 aromatic heterocycles. The third-order valence-electron chi connectivity index (χ3n) is 1.36. The van der Waals surface area contributed by atoms with E-state index in [0.29, 0.717) is 5.92 Å². The average molecular weight is 117 g/mol. The lowest BCUT2D eigenvalue weighted by Crippen LogP contribution is -2.37. The number of hydrogen-bond acceptors (Lipinski definition) is 2. The second-order valence-corrected chi connectivity index (χ2v) is 2.29. The van der Waals surface area contributed by atoms with Crippen LogP contribution in [0, 0.1) is 5.92 Å². The topological polar surface area (TPSA) is 52.0 Å². The minimum atomic E-state index is -0.162. The molecule has 0 amide bonds. The van der Waals surface area contributed by atoms with Crippen molar-refractivity contribution in [2.45, 2.75) is 32.9 Å². The molecular weight excluding hydrogens is 100 g/mol. The molecule has 0 spiro atoms. The van der Waals surface area contributed by atoms with Crippen LogP contribution in [0.25, 0.3) is 0 Å². The zero-order chi connectivity index (χ0) is 7.28. The summed E-state index contributed by atoms with van der Waals surface area (Å²) in [6, 6.07) is 0. The fourth-order valence-corrected chi connectivity index (χ4v) is 0.635. The van der Waals surface area contributed by atoms with Crippen LogP contribution in [0.1, 0.15) is 26.7 Å². The highest BCUT2D eigenvalue weighted by Gasteiger charge is 2.04. The van der Waals surface area contributed by atoms with Gasteiger partial charge in [0, 0.05) is 0 Å². The van der Waals surface area contributed by atoms with Crippen LogP contribution in [0.4, 0.5) is 0 Å². The Morgan fingerprint density at radius 2 is 2.38 bits per heavy atom. The maximum atomic E-state index is 6.74. The Kier molecular flexibility index (Phi) is 2.92. The molecule has 0 aromatic rings. The minimum Gasteiger partial charge on any atom is -0.316 e. The molecule has 2 nitrogen and oxygen atoms in total. The van der Waals surface area contributed by atoms with Crippen molar-refractivity contribution >= 4 is 0 Å². The summed E-state index contributed by atoms with van der Waals surface area (Å²) in [6.45, 7) is 4.17. The number of nitrogens with two attached hydrogens (primary N) is 2. The first-order chi connectivity index (χ1) is 4.22. The molecule has 0 saturated carbocycles. The summed E-state index contributed by atoms with van der Waals surface area (Å²) in [5, 5.41) is 0. The molecule has 2 heteroatoms. The molecule has 0 aliphatic heterocycles. The highest BCUT2D eigenvalue weighted by Crippen LogP contribution is 2.03. The van der Waals surface area contributed by atoms with Gasteiger partial charge >= 0.3 is 0 Å². The molecule has 0 aromatic carbocycles. The smallest absolute Gasteiger partial charge is 0.120 e. The molecule has 0 aliphatic carbocycles. The van der Waals surface area contributed by atoms with Gasteiger partial charge in [0.05, 0.1) is 6.17 Å². The molecule has 0 bridgehead atoms. The second-order valence-electron chi connectivity index (χ2n) is 2.29. The van der Waals surface area contributed by atoms with Crippen molar-refractivity contribution < 1.29 is 1.41 Å². The molecule has 50 valence electrons. The van der Waals surface area contributed by atoms with Gasteiger partial charge in [0.25, 0.3) is 0 Å². The number of hydrogen-bond donors (Lipinski definition) is 2. The minimum absolute atomic E-state index is 0.162. The van der Waals surface area contributed by atoms with Crippen LogP contribution in [-0.4, -0.2) is 6.17 Å². The summed E-state index contributed by atoms with van der Waals surface area (Å²) in [6.07, 6.45) is 2.06. The summed E-state index contributed by atoms with van der Waals surface area (Å²) in [7, 11) is 0. The van der Waals surface area contributed by atoms with E-state index in [0.717, 1.165) is 12.8 Å². The second kappa shape index (κ2) is 3.87. The van der Waals surface area contributed by atoms with E-state index in [1.54, 1.807) is 0 Å². The Hall–Kier alpha value is -0.0800. The van der Waals surface area contributed by atoms with Crippen molar-refractivity contribution in [1.82, 2.24) is 0 Å². The van der Waals surface area contributed by atoms with Gasteiger partial charge < -0.3 is 11.5 Å².